The highest BCUT2D eigenvalue weighted by Crippen LogP contribution is 2.20. The molecule has 0 aliphatic carbocycles. The number of hydrogen-bond donors (Lipinski definition) is 1. The van der Waals surface area contributed by atoms with Gasteiger partial charge in [-0.25, -0.2) is 0 Å². The Morgan fingerprint density at radius 2 is 2.30 bits per heavy atom. The lowest BCUT2D eigenvalue weighted by molar-refractivity contribution is -0.135. The average molecular weight is 275 g/mol. The molecule has 2 heterocycles. The number of pyridine rings is 1. The lowest BCUT2D eigenvalue weighted by Crippen LogP contribution is -2.50. The predicted molar refractivity (Wildman–Crippen MR) is 80.1 cm³/mol. The van der Waals surface area contributed by atoms with E-state index >= 15 is 0 Å². The summed E-state index contributed by atoms with van der Waals surface area (Å²) in [6.45, 7) is 6.52. The molecule has 2 unspecified atom stereocenters. The summed E-state index contributed by atoms with van der Waals surface area (Å²) >= 11 is 0. The van der Waals surface area contributed by atoms with Gasteiger partial charge in [0, 0.05) is 12.7 Å². The van der Waals surface area contributed by atoms with Crippen molar-refractivity contribution in [3.05, 3.63) is 30.1 Å². The van der Waals surface area contributed by atoms with E-state index in [1.54, 1.807) is 6.20 Å². The molecule has 0 bridgehead atoms. The normalized spacial score (nSPS) is 22.5. The summed E-state index contributed by atoms with van der Waals surface area (Å²) in [6, 6.07) is 5.82. The van der Waals surface area contributed by atoms with Crippen LogP contribution in [0.1, 0.15) is 38.8 Å². The molecule has 1 aromatic heterocycles. The van der Waals surface area contributed by atoms with Gasteiger partial charge in [-0.2, -0.15) is 0 Å². The van der Waals surface area contributed by atoms with Gasteiger partial charge in [-0.3, -0.25) is 9.78 Å². The third kappa shape index (κ3) is 3.79. The van der Waals surface area contributed by atoms with Crippen LogP contribution in [0.2, 0.25) is 0 Å². The minimum Gasteiger partial charge on any atom is -0.336 e. The van der Waals surface area contributed by atoms with Crippen LogP contribution >= 0.6 is 0 Å². The van der Waals surface area contributed by atoms with E-state index in [4.69, 9.17) is 0 Å². The minimum atomic E-state index is -0.0163. The third-order valence-corrected chi connectivity index (χ3v) is 4.16. The molecule has 1 aliphatic rings. The van der Waals surface area contributed by atoms with E-state index in [-0.39, 0.29) is 11.9 Å². The largest absolute Gasteiger partial charge is 0.336 e. The molecule has 2 rings (SSSR count). The van der Waals surface area contributed by atoms with Gasteiger partial charge >= 0.3 is 0 Å². The lowest BCUT2D eigenvalue weighted by Gasteiger charge is -2.32. The summed E-state index contributed by atoms with van der Waals surface area (Å²) in [6.07, 6.45) is 5.10. The van der Waals surface area contributed by atoms with Crippen LogP contribution in [0.15, 0.2) is 24.4 Å². The number of aromatic nitrogens is 1. The minimum absolute atomic E-state index is 0.0163. The highest BCUT2D eigenvalue weighted by atomic mass is 16.2. The van der Waals surface area contributed by atoms with Gasteiger partial charge in [-0.15, -0.1) is 0 Å². The average Bonchev–Trinajstić information content (AvgIpc) is 2.53. The fourth-order valence-electron chi connectivity index (χ4n) is 2.81. The molecular weight excluding hydrogens is 250 g/mol. The Labute approximate surface area is 121 Å². The van der Waals surface area contributed by atoms with E-state index in [9.17, 15) is 4.79 Å². The Kier molecular flexibility index (Phi) is 5.53. The molecule has 0 saturated carbocycles. The van der Waals surface area contributed by atoms with Crippen molar-refractivity contribution in [2.45, 2.75) is 45.7 Å². The monoisotopic (exact) mass is 275 g/mol. The second-order valence-corrected chi connectivity index (χ2v) is 5.48. The Balaban J connectivity index is 1.98. The van der Waals surface area contributed by atoms with Crippen molar-refractivity contribution in [3.8, 4) is 0 Å². The summed E-state index contributed by atoms with van der Waals surface area (Å²) in [4.78, 5) is 18.8. The molecule has 1 aromatic rings. The van der Waals surface area contributed by atoms with Gasteiger partial charge in [0.15, 0.2) is 0 Å². The zero-order valence-corrected chi connectivity index (χ0v) is 12.5. The number of carbonyl (C=O) groups excluding carboxylic acids is 1. The topological polar surface area (TPSA) is 45.2 Å². The van der Waals surface area contributed by atoms with Crippen molar-refractivity contribution in [1.82, 2.24) is 15.2 Å². The maximum absolute atomic E-state index is 12.6. The predicted octanol–water partition coefficient (Wildman–Crippen LogP) is 2.21. The van der Waals surface area contributed by atoms with E-state index in [2.05, 4.69) is 17.2 Å². The Morgan fingerprint density at radius 1 is 1.45 bits per heavy atom. The van der Waals surface area contributed by atoms with Crippen LogP contribution < -0.4 is 5.32 Å². The standard InChI is InChI=1S/C16H25N3O/c1-3-13-8-10-18-15(11-13)16(20)19(4-2)12-14-7-5-6-9-17-14/h5-7,9,13,15,18H,3-4,8,10-12H2,1-2H3. The van der Waals surface area contributed by atoms with Crippen LogP contribution in [0.3, 0.4) is 0 Å². The van der Waals surface area contributed by atoms with Crippen molar-refractivity contribution in [2.24, 2.45) is 5.92 Å². The maximum Gasteiger partial charge on any atom is 0.240 e. The molecular formula is C16H25N3O. The van der Waals surface area contributed by atoms with Gasteiger partial charge in [0.2, 0.25) is 5.91 Å². The van der Waals surface area contributed by atoms with Gasteiger partial charge in [0.1, 0.15) is 0 Å². The summed E-state index contributed by atoms with van der Waals surface area (Å²) in [7, 11) is 0. The first-order chi connectivity index (χ1) is 9.74. The van der Waals surface area contributed by atoms with Crippen LogP contribution in [-0.2, 0) is 11.3 Å². The summed E-state index contributed by atoms with van der Waals surface area (Å²) < 4.78 is 0. The second-order valence-electron chi connectivity index (χ2n) is 5.48. The quantitative estimate of drug-likeness (QED) is 0.896. The molecule has 1 N–H and O–H groups in total. The molecule has 0 radical (unpaired) electrons. The van der Waals surface area contributed by atoms with Crippen molar-refractivity contribution >= 4 is 5.91 Å². The molecule has 2 atom stereocenters. The Morgan fingerprint density at radius 3 is 2.95 bits per heavy atom. The number of piperidine rings is 1. The molecule has 4 heteroatoms. The molecule has 1 amide bonds. The first-order valence-electron chi connectivity index (χ1n) is 7.66. The number of amides is 1. The van der Waals surface area contributed by atoms with Gasteiger partial charge in [-0.1, -0.05) is 19.4 Å². The zero-order valence-electron chi connectivity index (χ0n) is 12.5. The highest BCUT2D eigenvalue weighted by molar-refractivity contribution is 5.82. The van der Waals surface area contributed by atoms with Crippen molar-refractivity contribution < 1.29 is 4.79 Å². The first-order valence-corrected chi connectivity index (χ1v) is 7.66. The van der Waals surface area contributed by atoms with E-state index in [0.29, 0.717) is 12.5 Å². The first kappa shape index (κ1) is 15.0. The number of nitrogens with one attached hydrogen (secondary N) is 1. The number of hydrogen-bond acceptors (Lipinski definition) is 3. The van der Waals surface area contributed by atoms with Crippen LogP contribution in [0.5, 0.6) is 0 Å². The third-order valence-electron chi connectivity index (χ3n) is 4.16. The second kappa shape index (κ2) is 7.39. The van der Waals surface area contributed by atoms with Crippen LogP contribution in [0.25, 0.3) is 0 Å². The number of nitrogens with zero attached hydrogens (tertiary/aromatic N) is 2. The van der Waals surface area contributed by atoms with Crippen molar-refractivity contribution in [3.63, 3.8) is 0 Å². The summed E-state index contributed by atoms with van der Waals surface area (Å²) in [5, 5.41) is 3.37. The van der Waals surface area contributed by atoms with Gasteiger partial charge in [-0.05, 0) is 44.4 Å². The molecule has 0 aromatic carbocycles. The lowest BCUT2D eigenvalue weighted by atomic mass is 9.90. The van der Waals surface area contributed by atoms with E-state index in [1.807, 2.05) is 30.0 Å². The smallest absolute Gasteiger partial charge is 0.240 e. The molecule has 4 nitrogen and oxygen atoms in total. The van der Waals surface area contributed by atoms with Crippen molar-refractivity contribution in [2.75, 3.05) is 13.1 Å². The van der Waals surface area contributed by atoms with Crippen LogP contribution in [0, 0.1) is 5.92 Å². The van der Waals surface area contributed by atoms with Gasteiger partial charge < -0.3 is 10.2 Å². The number of carbonyl (C=O) groups is 1. The molecule has 110 valence electrons. The molecule has 1 saturated heterocycles. The van der Waals surface area contributed by atoms with Gasteiger partial charge in [0.05, 0.1) is 18.3 Å². The molecule has 0 spiro atoms. The molecule has 20 heavy (non-hydrogen) atoms. The SMILES string of the molecule is CCC1CCNC(C(=O)N(CC)Cc2ccccn2)C1. The zero-order chi connectivity index (χ0) is 14.4. The van der Waals surface area contributed by atoms with Crippen LogP contribution in [-0.4, -0.2) is 34.9 Å². The Hall–Kier alpha value is -1.42. The van der Waals surface area contributed by atoms with Crippen LogP contribution in [0.4, 0.5) is 0 Å². The van der Waals surface area contributed by atoms with E-state index in [0.717, 1.165) is 31.6 Å². The summed E-state index contributed by atoms with van der Waals surface area (Å²) in [5.41, 5.74) is 0.950. The summed E-state index contributed by atoms with van der Waals surface area (Å²) in [5.74, 6) is 0.898. The fraction of sp³-hybridized carbons (Fsp3) is 0.625. The Bertz CT molecular complexity index is 421. The van der Waals surface area contributed by atoms with E-state index < -0.39 is 0 Å². The highest BCUT2D eigenvalue weighted by Gasteiger charge is 2.28. The van der Waals surface area contributed by atoms with Crippen molar-refractivity contribution in [1.29, 1.82) is 0 Å². The maximum atomic E-state index is 12.6. The number of likely N-dealkylation sites (N-methyl/N-ethyl adjacent to an activating group) is 1. The molecule has 1 aliphatic heterocycles. The fourth-order valence-corrected chi connectivity index (χ4v) is 2.81. The molecule has 1 fully saturated rings. The number of rotatable bonds is 5. The van der Waals surface area contributed by atoms with Gasteiger partial charge in [0.25, 0.3) is 0 Å². The van der Waals surface area contributed by atoms with E-state index in [1.165, 1.54) is 6.42 Å².